The highest BCUT2D eigenvalue weighted by Crippen LogP contribution is 2.28. The second-order valence-electron chi connectivity index (χ2n) is 7.29. The van der Waals surface area contributed by atoms with Crippen molar-refractivity contribution in [3.05, 3.63) is 78.1 Å². The summed E-state index contributed by atoms with van der Waals surface area (Å²) < 4.78 is 49.8. The number of piperidine rings is 1. The van der Waals surface area contributed by atoms with Crippen LogP contribution in [0.1, 0.15) is 28.9 Å². The first kappa shape index (κ1) is 21.6. The Labute approximate surface area is 182 Å². The van der Waals surface area contributed by atoms with Crippen LogP contribution in [-0.4, -0.2) is 40.0 Å². The van der Waals surface area contributed by atoms with Crippen LogP contribution in [0.2, 0.25) is 0 Å². The van der Waals surface area contributed by atoms with E-state index in [0.717, 1.165) is 12.3 Å². The van der Waals surface area contributed by atoms with Gasteiger partial charge in [-0.25, -0.2) is 4.98 Å². The molecule has 32 heavy (non-hydrogen) atoms. The van der Waals surface area contributed by atoms with E-state index in [0.29, 0.717) is 36.4 Å². The number of carbonyl (C=O) groups excluding carboxylic acids is 1. The minimum atomic E-state index is -4.58. The van der Waals surface area contributed by atoms with Gasteiger partial charge in [0, 0.05) is 18.3 Å². The van der Waals surface area contributed by atoms with Gasteiger partial charge in [0.15, 0.2) is 5.69 Å². The van der Waals surface area contributed by atoms with Crippen LogP contribution >= 0.6 is 0 Å². The van der Waals surface area contributed by atoms with Gasteiger partial charge in [0.05, 0.1) is 6.54 Å². The van der Waals surface area contributed by atoms with Crippen LogP contribution in [0.15, 0.2) is 66.9 Å². The predicted octanol–water partition coefficient (Wildman–Crippen LogP) is 4.97. The van der Waals surface area contributed by atoms with Crippen molar-refractivity contribution in [1.82, 2.24) is 14.9 Å². The Morgan fingerprint density at radius 3 is 2.44 bits per heavy atom. The van der Waals surface area contributed by atoms with Crippen LogP contribution in [0.4, 0.5) is 13.2 Å². The maximum Gasteiger partial charge on any atom is 0.433 e. The number of nitrogens with zero attached hydrogens (tertiary/aromatic N) is 3. The monoisotopic (exact) mass is 443 g/mol. The fourth-order valence-corrected chi connectivity index (χ4v) is 3.40. The molecule has 1 atom stereocenters. The lowest BCUT2D eigenvalue weighted by Crippen LogP contribution is -2.44. The largest absolute Gasteiger partial charge is 0.458 e. The van der Waals surface area contributed by atoms with E-state index in [9.17, 15) is 18.0 Å². The molecule has 2 heterocycles. The normalized spacial score (nSPS) is 16.5. The molecule has 1 aliphatic rings. The van der Waals surface area contributed by atoms with Crippen molar-refractivity contribution in [2.45, 2.75) is 25.1 Å². The summed E-state index contributed by atoms with van der Waals surface area (Å²) in [5.74, 6) is 1.11. The lowest BCUT2D eigenvalue weighted by atomic mass is 10.1. The Morgan fingerprint density at radius 1 is 1.00 bits per heavy atom. The van der Waals surface area contributed by atoms with Crippen LogP contribution in [0.5, 0.6) is 17.5 Å². The number of alkyl halides is 3. The summed E-state index contributed by atoms with van der Waals surface area (Å²) in [5, 5.41) is 0. The SMILES string of the molecule is O=C(c1ccc(Oc2ccccc2)cc1)N1CCCC(Oc2nccc(C(F)(F)F)n2)C1. The molecule has 0 N–H and O–H groups in total. The Bertz CT molecular complexity index is 1060. The summed E-state index contributed by atoms with van der Waals surface area (Å²) in [6, 6.07) is 16.5. The van der Waals surface area contributed by atoms with Gasteiger partial charge in [-0.2, -0.15) is 18.2 Å². The van der Waals surface area contributed by atoms with E-state index in [1.54, 1.807) is 29.2 Å². The smallest absolute Gasteiger partial charge is 0.433 e. The van der Waals surface area contributed by atoms with Crippen molar-refractivity contribution in [2.75, 3.05) is 13.1 Å². The predicted molar refractivity (Wildman–Crippen MR) is 110 cm³/mol. The number of para-hydroxylation sites is 1. The highest BCUT2D eigenvalue weighted by Gasteiger charge is 2.33. The summed E-state index contributed by atoms with van der Waals surface area (Å²) in [4.78, 5) is 21.7. The van der Waals surface area contributed by atoms with Crippen molar-refractivity contribution >= 4 is 5.91 Å². The Hall–Kier alpha value is -3.62. The molecule has 0 radical (unpaired) electrons. The maximum absolute atomic E-state index is 12.9. The average Bonchev–Trinajstić information content (AvgIpc) is 2.80. The van der Waals surface area contributed by atoms with Crippen LogP contribution in [0, 0.1) is 0 Å². The Morgan fingerprint density at radius 2 is 1.72 bits per heavy atom. The molecule has 2 aromatic carbocycles. The topological polar surface area (TPSA) is 64.5 Å². The van der Waals surface area contributed by atoms with Gasteiger partial charge in [0.2, 0.25) is 0 Å². The summed E-state index contributed by atoms with van der Waals surface area (Å²) in [6.45, 7) is 0.769. The summed E-state index contributed by atoms with van der Waals surface area (Å²) >= 11 is 0. The summed E-state index contributed by atoms with van der Waals surface area (Å²) in [5.41, 5.74) is -0.578. The molecule has 3 aromatic rings. The highest BCUT2D eigenvalue weighted by atomic mass is 19.4. The minimum Gasteiger partial charge on any atom is -0.458 e. The van der Waals surface area contributed by atoms with Gasteiger partial charge in [-0.05, 0) is 55.3 Å². The molecule has 4 rings (SSSR count). The van der Waals surface area contributed by atoms with E-state index in [1.165, 1.54) is 0 Å². The Balaban J connectivity index is 1.38. The molecule has 1 fully saturated rings. The average molecular weight is 443 g/mol. The third kappa shape index (κ3) is 5.35. The fourth-order valence-electron chi connectivity index (χ4n) is 3.40. The maximum atomic E-state index is 12.9. The molecule has 1 amide bonds. The van der Waals surface area contributed by atoms with Gasteiger partial charge in [0.25, 0.3) is 5.91 Å². The van der Waals surface area contributed by atoms with E-state index < -0.39 is 18.0 Å². The summed E-state index contributed by atoms with van der Waals surface area (Å²) in [6.07, 6.45) is -2.81. The van der Waals surface area contributed by atoms with Crippen molar-refractivity contribution < 1.29 is 27.4 Å². The van der Waals surface area contributed by atoms with Gasteiger partial charge in [-0.1, -0.05) is 18.2 Å². The van der Waals surface area contributed by atoms with E-state index in [4.69, 9.17) is 9.47 Å². The molecule has 0 spiro atoms. The molecule has 1 aliphatic heterocycles. The van der Waals surface area contributed by atoms with E-state index in [1.807, 2.05) is 30.3 Å². The third-order valence-corrected chi connectivity index (χ3v) is 4.94. The molecule has 0 aliphatic carbocycles. The van der Waals surface area contributed by atoms with E-state index >= 15 is 0 Å². The summed E-state index contributed by atoms with van der Waals surface area (Å²) in [7, 11) is 0. The molecule has 0 bridgehead atoms. The second kappa shape index (κ2) is 9.25. The number of rotatable bonds is 5. The number of likely N-dealkylation sites (tertiary alicyclic amines) is 1. The van der Waals surface area contributed by atoms with Gasteiger partial charge in [-0.3, -0.25) is 4.79 Å². The number of amides is 1. The lowest BCUT2D eigenvalue weighted by Gasteiger charge is -2.32. The van der Waals surface area contributed by atoms with Crippen LogP contribution in [0.25, 0.3) is 0 Å². The zero-order chi connectivity index (χ0) is 22.6. The minimum absolute atomic E-state index is 0.186. The molecule has 1 aromatic heterocycles. The molecule has 166 valence electrons. The lowest BCUT2D eigenvalue weighted by molar-refractivity contribution is -0.141. The number of hydrogen-bond donors (Lipinski definition) is 0. The number of halogens is 3. The van der Waals surface area contributed by atoms with Gasteiger partial charge in [0.1, 0.15) is 17.6 Å². The first-order valence-electron chi connectivity index (χ1n) is 10.1. The van der Waals surface area contributed by atoms with E-state index in [-0.39, 0.29) is 18.5 Å². The molecule has 1 unspecified atom stereocenters. The molecule has 9 heteroatoms. The fraction of sp³-hybridized carbons (Fsp3) is 0.261. The quantitative estimate of drug-likeness (QED) is 0.557. The van der Waals surface area contributed by atoms with Crippen molar-refractivity contribution in [1.29, 1.82) is 0 Å². The van der Waals surface area contributed by atoms with Crippen molar-refractivity contribution in [3.63, 3.8) is 0 Å². The van der Waals surface area contributed by atoms with Gasteiger partial charge in [-0.15, -0.1) is 0 Å². The van der Waals surface area contributed by atoms with Crippen LogP contribution < -0.4 is 9.47 Å². The van der Waals surface area contributed by atoms with Crippen LogP contribution in [-0.2, 0) is 6.18 Å². The molecule has 1 saturated heterocycles. The first-order chi connectivity index (χ1) is 15.4. The van der Waals surface area contributed by atoms with Crippen molar-refractivity contribution in [3.8, 4) is 17.5 Å². The number of ether oxygens (including phenoxy) is 2. The van der Waals surface area contributed by atoms with Gasteiger partial charge < -0.3 is 14.4 Å². The molecule has 6 nitrogen and oxygen atoms in total. The number of aromatic nitrogens is 2. The number of benzene rings is 2. The third-order valence-electron chi connectivity index (χ3n) is 4.94. The van der Waals surface area contributed by atoms with Crippen molar-refractivity contribution in [2.24, 2.45) is 0 Å². The van der Waals surface area contributed by atoms with E-state index in [2.05, 4.69) is 9.97 Å². The molecular formula is C23H20F3N3O3. The second-order valence-corrected chi connectivity index (χ2v) is 7.29. The zero-order valence-electron chi connectivity index (χ0n) is 17.0. The Kier molecular flexibility index (Phi) is 6.25. The number of hydrogen-bond acceptors (Lipinski definition) is 5. The number of carbonyl (C=O) groups is 1. The zero-order valence-corrected chi connectivity index (χ0v) is 17.0. The van der Waals surface area contributed by atoms with Crippen LogP contribution in [0.3, 0.4) is 0 Å². The molecule has 0 saturated carbocycles. The standard InChI is InChI=1S/C23H20F3N3O3/c24-23(25,26)20-12-13-27-22(28-20)32-19-7-4-14-29(15-19)21(30)16-8-10-18(11-9-16)31-17-5-2-1-3-6-17/h1-3,5-6,8-13,19H,4,7,14-15H2. The molecular weight excluding hydrogens is 423 g/mol. The first-order valence-corrected chi connectivity index (χ1v) is 10.1. The van der Waals surface area contributed by atoms with Gasteiger partial charge >= 0.3 is 12.2 Å². The highest BCUT2D eigenvalue weighted by molar-refractivity contribution is 5.94.